The average molecular weight is 496 g/mol. The molecule has 0 bridgehead atoms. The first-order valence-corrected chi connectivity index (χ1v) is 12.3. The van der Waals surface area contributed by atoms with Gasteiger partial charge in [-0.15, -0.1) is 11.3 Å². The summed E-state index contributed by atoms with van der Waals surface area (Å²) in [6, 6.07) is 8.20. The van der Waals surface area contributed by atoms with Crippen molar-refractivity contribution in [2.45, 2.75) is 33.3 Å². The largest absolute Gasteiger partial charge is 0.462 e. The Labute approximate surface area is 205 Å². The number of para-hydroxylation sites is 2. The first-order chi connectivity index (χ1) is 16.9. The van der Waals surface area contributed by atoms with E-state index in [1.54, 1.807) is 13.8 Å². The monoisotopic (exact) mass is 495 g/mol. The van der Waals surface area contributed by atoms with E-state index in [-0.39, 0.29) is 30.9 Å². The molecule has 0 spiro atoms. The Kier molecular flexibility index (Phi) is 6.25. The van der Waals surface area contributed by atoms with Crippen LogP contribution in [0, 0.1) is 12.8 Å². The number of ether oxygens (including phenoxy) is 2. The minimum absolute atomic E-state index is 0.0873. The number of aromatic nitrogens is 3. The highest BCUT2D eigenvalue weighted by Gasteiger charge is 2.29. The molecule has 1 fully saturated rings. The second-order valence-corrected chi connectivity index (χ2v) is 9.31. The van der Waals surface area contributed by atoms with Crippen LogP contribution >= 0.6 is 11.3 Å². The van der Waals surface area contributed by atoms with Crippen LogP contribution in [-0.2, 0) is 20.9 Å². The lowest BCUT2D eigenvalue weighted by atomic mass is 9.97. The lowest BCUT2D eigenvalue weighted by Gasteiger charge is -2.29. The highest BCUT2D eigenvalue weighted by molar-refractivity contribution is 7.20. The van der Waals surface area contributed by atoms with Gasteiger partial charge < -0.3 is 24.5 Å². The summed E-state index contributed by atoms with van der Waals surface area (Å²) in [5, 5.41) is 0.625. The van der Waals surface area contributed by atoms with E-state index in [1.165, 1.54) is 11.3 Å². The van der Waals surface area contributed by atoms with Gasteiger partial charge in [-0.2, -0.15) is 4.98 Å². The van der Waals surface area contributed by atoms with Gasteiger partial charge in [0.2, 0.25) is 0 Å². The maximum absolute atomic E-state index is 12.7. The molecule has 4 aromatic rings. The van der Waals surface area contributed by atoms with E-state index in [1.807, 2.05) is 29.2 Å². The molecule has 0 aliphatic carbocycles. The van der Waals surface area contributed by atoms with Crippen LogP contribution in [0.1, 0.15) is 40.8 Å². The SMILES string of the molecule is CCOC(=O)c1sc2nc(COC(=O)C3CCN(c4nc5ccccc5o4)CC3)nc(N)c2c1C. The van der Waals surface area contributed by atoms with E-state index < -0.39 is 5.97 Å². The number of carbonyl (C=O) groups excluding carboxylic acids is 2. The third-order valence-corrected chi connectivity index (χ3v) is 7.22. The second-order valence-electron chi connectivity index (χ2n) is 8.32. The fraction of sp³-hybridized carbons (Fsp3) is 0.375. The quantitative estimate of drug-likeness (QED) is 0.393. The zero-order valence-corrected chi connectivity index (χ0v) is 20.3. The fourth-order valence-electron chi connectivity index (χ4n) is 4.23. The number of anilines is 2. The molecule has 1 aromatic carbocycles. The zero-order chi connectivity index (χ0) is 24.5. The molecule has 1 saturated heterocycles. The van der Waals surface area contributed by atoms with Gasteiger partial charge >= 0.3 is 11.9 Å². The number of nitrogens with two attached hydrogens (primary N) is 1. The number of nitrogen functional groups attached to an aromatic ring is 1. The van der Waals surface area contributed by atoms with Crippen LogP contribution < -0.4 is 10.6 Å². The molecule has 0 atom stereocenters. The lowest BCUT2D eigenvalue weighted by Crippen LogP contribution is -2.37. The maximum atomic E-state index is 12.7. The van der Waals surface area contributed by atoms with Gasteiger partial charge in [0.05, 0.1) is 17.9 Å². The van der Waals surface area contributed by atoms with Gasteiger partial charge in [0.25, 0.3) is 6.01 Å². The number of benzene rings is 1. The number of piperidine rings is 1. The van der Waals surface area contributed by atoms with Gasteiger partial charge in [-0.25, -0.2) is 14.8 Å². The highest BCUT2D eigenvalue weighted by Crippen LogP contribution is 2.33. The molecule has 0 saturated carbocycles. The van der Waals surface area contributed by atoms with E-state index in [9.17, 15) is 9.59 Å². The molecule has 1 aliphatic heterocycles. The predicted molar refractivity (Wildman–Crippen MR) is 131 cm³/mol. The minimum atomic E-state index is -0.412. The zero-order valence-electron chi connectivity index (χ0n) is 19.4. The van der Waals surface area contributed by atoms with Gasteiger partial charge in [-0.05, 0) is 44.4 Å². The van der Waals surface area contributed by atoms with Crippen molar-refractivity contribution in [1.29, 1.82) is 0 Å². The van der Waals surface area contributed by atoms with Crippen molar-refractivity contribution in [2.75, 3.05) is 30.3 Å². The maximum Gasteiger partial charge on any atom is 0.348 e. The molecule has 0 unspecified atom stereocenters. The molecule has 11 heteroatoms. The average Bonchev–Trinajstić information content (AvgIpc) is 3.44. The smallest absolute Gasteiger partial charge is 0.348 e. The predicted octanol–water partition coefficient (Wildman–Crippen LogP) is 3.86. The van der Waals surface area contributed by atoms with Crippen LogP contribution in [0.3, 0.4) is 0 Å². The number of esters is 2. The van der Waals surface area contributed by atoms with Crippen molar-refractivity contribution in [1.82, 2.24) is 15.0 Å². The number of aryl methyl sites for hydroxylation is 1. The van der Waals surface area contributed by atoms with Crippen LogP contribution in [0.4, 0.5) is 11.8 Å². The number of fused-ring (bicyclic) bond motifs is 2. The minimum Gasteiger partial charge on any atom is -0.462 e. The number of rotatable bonds is 6. The first kappa shape index (κ1) is 23.0. The number of hydrogen-bond acceptors (Lipinski definition) is 11. The molecule has 3 aromatic heterocycles. The number of carbonyl (C=O) groups is 2. The molecule has 0 amide bonds. The van der Waals surface area contributed by atoms with Gasteiger partial charge in [0.15, 0.2) is 18.0 Å². The summed E-state index contributed by atoms with van der Waals surface area (Å²) in [6.45, 7) is 5.03. The van der Waals surface area contributed by atoms with Crippen LogP contribution in [0.5, 0.6) is 0 Å². The molecule has 5 rings (SSSR count). The van der Waals surface area contributed by atoms with E-state index in [4.69, 9.17) is 19.6 Å². The van der Waals surface area contributed by atoms with Crippen LogP contribution in [0.15, 0.2) is 28.7 Å². The summed E-state index contributed by atoms with van der Waals surface area (Å²) in [4.78, 5) is 41.2. The Morgan fingerprint density at radius 1 is 1.17 bits per heavy atom. The Hall–Kier alpha value is -3.73. The van der Waals surface area contributed by atoms with E-state index in [0.717, 1.165) is 11.1 Å². The van der Waals surface area contributed by atoms with Crippen LogP contribution in [0.2, 0.25) is 0 Å². The molecular formula is C24H25N5O5S. The van der Waals surface area contributed by atoms with Crippen molar-refractivity contribution in [2.24, 2.45) is 5.92 Å². The first-order valence-electron chi connectivity index (χ1n) is 11.4. The molecule has 35 heavy (non-hydrogen) atoms. The molecule has 2 N–H and O–H groups in total. The molecular weight excluding hydrogens is 470 g/mol. The fourth-order valence-corrected chi connectivity index (χ4v) is 5.33. The number of thiophene rings is 1. The van der Waals surface area contributed by atoms with Crippen molar-refractivity contribution in [3.8, 4) is 0 Å². The Bertz CT molecular complexity index is 1370. The van der Waals surface area contributed by atoms with Gasteiger partial charge in [-0.3, -0.25) is 4.79 Å². The third-order valence-electron chi connectivity index (χ3n) is 6.05. The number of hydrogen-bond donors (Lipinski definition) is 1. The summed E-state index contributed by atoms with van der Waals surface area (Å²) < 4.78 is 16.5. The van der Waals surface area contributed by atoms with Crippen molar-refractivity contribution in [3.63, 3.8) is 0 Å². The van der Waals surface area contributed by atoms with Gasteiger partial charge in [0, 0.05) is 13.1 Å². The number of oxazole rings is 1. The van der Waals surface area contributed by atoms with E-state index in [2.05, 4.69) is 15.0 Å². The normalized spacial score (nSPS) is 14.5. The second kappa shape index (κ2) is 9.49. The summed E-state index contributed by atoms with van der Waals surface area (Å²) in [6.07, 6.45) is 1.26. The molecule has 4 heterocycles. The van der Waals surface area contributed by atoms with Gasteiger partial charge in [-0.1, -0.05) is 12.1 Å². The summed E-state index contributed by atoms with van der Waals surface area (Å²) in [5.74, 6) is -0.388. The van der Waals surface area contributed by atoms with Crippen molar-refractivity contribution >= 4 is 56.4 Å². The summed E-state index contributed by atoms with van der Waals surface area (Å²) >= 11 is 1.20. The Morgan fingerprint density at radius 3 is 2.69 bits per heavy atom. The third kappa shape index (κ3) is 4.51. The highest BCUT2D eigenvalue weighted by atomic mass is 32.1. The topological polar surface area (TPSA) is 134 Å². The summed E-state index contributed by atoms with van der Waals surface area (Å²) in [7, 11) is 0. The van der Waals surface area contributed by atoms with Crippen LogP contribution in [0.25, 0.3) is 21.3 Å². The molecule has 10 nitrogen and oxygen atoms in total. The van der Waals surface area contributed by atoms with Gasteiger partial charge in [0.1, 0.15) is 21.0 Å². The molecule has 1 aliphatic rings. The lowest BCUT2D eigenvalue weighted by molar-refractivity contribution is -0.150. The van der Waals surface area contributed by atoms with Crippen molar-refractivity contribution in [3.05, 3.63) is 40.5 Å². The van der Waals surface area contributed by atoms with E-state index in [0.29, 0.717) is 58.4 Å². The molecule has 182 valence electrons. The van der Waals surface area contributed by atoms with Crippen molar-refractivity contribution < 1.29 is 23.5 Å². The molecule has 0 radical (unpaired) electrons. The standard InChI is InChI=1S/C24H25N5O5S/c1-3-32-23(31)19-13(2)18-20(25)27-17(28-21(18)35-19)12-33-22(30)14-8-10-29(11-9-14)24-26-15-6-4-5-7-16(15)34-24/h4-7,14H,3,8-12H2,1-2H3,(H2,25,27,28). The van der Waals surface area contributed by atoms with Crippen LogP contribution in [-0.4, -0.2) is 46.6 Å². The summed E-state index contributed by atoms with van der Waals surface area (Å²) in [5.41, 5.74) is 8.39. The Morgan fingerprint density at radius 2 is 1.94 bits per heavy atom. The Balaban J connectivity index is 1.21. The van der Waals surface area contributed by atoms with E-state index >= 15 is 0 Å². The number of nitrogens with zero attached hydrogens (tertiary/aromatic N) is 4.